The standard InChI is InChI=1S/C25H24N6O3/c1-13-5-19-21(27-13)8-18-17-7-15(6-16(9-26)23(17)28-24(18)32)20-10-30(3)29-22(20)12-34-11-14(2)31(4)25(19)33/h5-8,10,14,27H,11-12H2,1-4H3,(H,28,32)/b18-8-. The number of nitrogens with zero attached hydrogens (tertiary/aromatic N) is 4. The van der Waals surface area contributed by atoms with Crippen molar-refractivity contribution < 1.29 is 14.3 Å². The third kappa shape index (κ3) is 3.49. The molecule has 0 radical (unpaired) electrons. The van der Waals surface area contributed by atoms with E-state index in [1.807, 2.05) is 33.2 Å². The Morgan fingerprint density at radius 3 is 2.74 bits per heavy atom. The average molecular weight is 457 g/mol. The Balaban J connectivity index is 1.77. The molecule has 1 aromatic carbocycles. The van der Waals surface area contributed by atoms with Gasteiger partial charge < -0.3 is 19.9 Å². The smallest absolute Gasteiger partial charge is 0.256 e. The normalized spacial score (nSPS) is 19.3. The molecule has 2 aromatic heterocycles. The van der Waals surface area contributed by atoms with Crippen LogP contribution in [0.5, 0.6) is 0 Å². The largest absolute Gasteiger partial charge is 0.373 e. The predicted octanol–water partition coefficient (Wildman–Crippen LogP) is 3.08. The number of anilines is 1. The fraction of sp³-hybridized carbons (Fsp3) is 0.280. The van der Waals surface area contributed by atoms with Crippen molar-refractivity contribution in [2.24, 2.45) is 7.05 Å². The summed E-state index contributed by atoms with van der Waals surface area (Å²) in [4.78, 5) is 31.2. The molecule has 0 saturated carbocycles. The molecule has 4 heterocycles. The molecule has 172 valence electrons. The molecular formula is C25H24N6O3. The predicted molar refractivity (Wildman–Crippen MR) is 127 cm³/mol. The highest BCUT2D eigenvalue weighted by Crippen LogP contribution is 2.40. The van der Waals surface area contributed by atoms with Crippen molar-refractivity contribution >= 4 is 29.2 Å². The van der Waals surface area contributed by atoms with E-state index in [1.165, 1.54) is 0 Å². The topological polar surface area (TPSA) is 116 Å². The van der Waals surface area contributed by atoms with Gasteiger partial charge >= 0.3 is 0 Å². The molecule has 1 unspecified atom stereocenters. The Morgan fingerprint density at radius 2 is 1.97 bits per heavy atom. The first kappa shape index (κ1) is 21.7. The second kappa shape index (κ2) is 8.01. The number of hydrogen-bond acceptors (Lipinski definition) is 5. The number of aryl methyl sites for hydroxylation is 2. The molecule has 2 amide bonds. The quantitative estimate of drug-likeness (QED) is 0.539. The lowest BCUT2D eigenvalue weighted by Gasteiger charge is -2.25. The van der Waals surface area contributed by atoms with E-state index in [4.69, 9.17) is 4.74 Å². The summed E-state index contributed by atoms with van der Waals surface area (Å²) in [7, 11) is 3.56. The lowest BCUT2D eigenvalue weighted by Crippen LogP contribution is -2.38. The fourth-order valence-corrected chi connectivity index (χ4v) is 4.43. The Hall–Kier alpha value is -4.16. The molecule has 9 heteroatoms. The maximum atomic E-state index is 13.3. The minimum absolute atomic E-state index is 0.175. The molecule has 0 saturated heterocycles. The average Bonchev–Trinajstić information content (AvgIpc) is 3.46. The van der Waals surface area contributed by atoms with E-state index in [0.29, 0.717) is 45.9 Å². The van der Waals surface area contributed by atoms with E-state index in [-0.39, 0.29) is 24.5 Å². The van der Waals surface area contributed by atoms with Gasteiger partial charge in [-0.15, -0.1) is 0 Å². The maximum Gasteiger partial charge on any atom is 0.256 e. The minimum Gasteiger partial charge on any atom is -0.373 e. The van der Waals surface area contributed by atoms with Gasteiger partial charge in [0.15, 0.2) is 0 Å². The molecule has 2 aliphatic rings. The summed E-state index contributed by atoms with van der Waals surface area (Å²) in [5.41, 5.74) is 5.94. The Bertz CT molecular complexity index is 1420. The molecule has 0 fully saturated rings. The van der Waals surface area contributed by atoms with Gasteiger partial charge in [-0.2, -0.15) is 10.4 Å². The summed E-state index contributed by atoms with van der Waals surface area (Å²) in [6.07, 6.45) is 3.56. The molecule has 0 aliphatic carbocycles. The number of hydrogen-bond donors (Lipinski definition) is 2. The van der Waals surface area contributed by atoms with Crippen LogP contribution in [0.1, 0.15) is 45.5 Å². The Morgan fingerprint density at radius 1 is 1.18 bits per heavy atom. The summed E-state index contributed by atoms with van der Waals surface area (Å²) in [5, 5.41) is 17.2. The third-order valence-corrected chi connectivity index (χ3v) is 6.33. The van der Waals surface area contributed by atoms with Gasteiger partial charge in [0, 0.05) is 37.1 Å². The zero-order valence-corrected chi connectivity index (χ0v) is 19.4. The number of aromatic amines is 1. The van der Waals surface area contributed by atoms with E-state index in [1.54, 1.807) is 34.8 Å². The summed E-state index contributed by atoms with van der Waals surface area (Å²) >= 11 is 0. The number of H-pyrrole nitrogens is 1. The van der Waals surface area contributed by atoms with Crippen molar-refractivity contribution in [2.75, 3.05) is 19.0 Å². The van der Waals surface area contributed by atoms with Crippen LogP contribution in [0.3, 0.4) is 0 Å². The van der Waals surface area contributed by atoms with Crippen LogP contribution in [0.4, 0.5) is 5.69 Å². The maximum absolute atomic E-state index is 13.3. The summed E-state index contributed by atoms with van der Waals surface area (Å²) in [6.45, 7) is 4.36. The van der Waals surface area contributed by atoms with Crippen molar-refractivity contribution in [1.82, 2.24) is 19.7 Å². The van der Waals surface area contributed by atoms with Crippen LogP contribution in [0, 0.1) is 18.3 Å². The van der Waals surface area contributed by atoms with Gasteiger partial charge in [0.05, 0.1) is 53.0 Å². The number of carbonyl (C=O) groups is 2. The number of amides is 2. The van der Waals surface area contributed by atoms with Crippen LogP contribution >= 0.6 is 0 Å². The van der Waals surface area contributed by atoms with E-state index >= 15 is 0 Å². The summed E-state index contributed by atoms with van der Waals surface area (Å²) < 4.78 is 7.65. The first-order chi connectivity index (χ1) is 16.3. The monoisotopic (exact) mass is 456 g/mol. The molecule has 9 nitrogen and oxygen atoms in total. The van der Waals surface area contributed by atoms with Gasteiger partial charge in [0.2, 0.25) is 0 Å². The highest BCUT2D eigenvalue weighted by atomic mass is 16.5. The molecule has 34 heavy (non-hydrogen) atoms. The van der Waals surface area contributed by atoms with Gasteiger partial charge in [-0.05, 0) is 43.7 Å². The second-order valence-electron chi connectivity index (χ2n) is 8.79. The van der Waals surface area contributed by atoms with Crippen molar-refractivity contribution in [2.45, 2.75) is 26.5 Å². The van der Waals surface area contributed by atoms with Crippen LogP contribution in [0.25, 0.3) is 22.8 Å². The number of nitriles is 1. The van der Waals surface area contributed by atoms with Crippen LogP contribution in [0.2, 0.25) is 0 Å². The lowest BCUT2D eigenvalue weighted by molar-refractivity contribution is -0.110. The highest BCUT2D eigenvalue weighted by molar-refractivity contribution is 6.35. The molecule has 2 aliphatic heterocycles. The molecule has 1 atom stereocenters. The van der Waals surface area contributed by atoms with Gasteiger partial charge in [0.25, 0.3) is 11.8 Å². The number of ether oxygens (including phenoxy) is 1. The SMILES string of the molecule is Cc1cc2c([nH]1)/C=C1\C(=O)Nc3c(C#N)cc(cc31)-c1cn(C)nc1COCC(C)N(C)C2=O. The number of likely N-dealkylation sites (N-methyl/N-ethyl adjacent to an activating group) is 1. The molecule has 5 rings (SSSR count). The van der Waals surface area contributed by atoms with Gasteiger partial charge in [-0.1, -0.05) is 0 Å². The third-order valence-electron chi connectivity index (χ3n) is 6.33. The summed E-state index contributed by atoms with van der Waals surface area (Å²) in [6, 6.07) is 7.43. The van der Waals surface area contributed by atoms with Crippen molar-refractivity contribution in [3.05, 3.63) is 58.2 Å². The summed E-state index contributed by atoms with van der Waals surface area (Å²) in [5.74, 6) is -0.499. The van der Waals surface area contributed by atoms with E-state index in [0.717, 1.165) is 16.8 Å². The van der Waals surface area contributed by atoms with Crippen LogP contribution in [0.15, 0.2) is 24.4 Å². The number of carbonyl (C=O) groups excluding carboxylic acids is 2. The van der Waals surface area contributed by atoms with Gasteiger partial charge in [0.1, 0.15) is 6.07 Å². The Labute approximate surface area is 196 Å². The zero-order chi connectivity index (χ0) is 24.1. The molecule has 2 bridgehead atoms. The highest BCUT2D eigenvalue weighted by Gasteiger charge is 2.30. The van der Waals surface area contributed by atoms with Crippen molar-refractivity contribution in [1.29, 1.82) is 5.26 Å². The fourth-order valence-electron chi connectivity index (χ4n) is 4.43. The van der Waals surface area contributed by atoms with Gasteiger partial charge in [-0.25, -0.2) is 0 Å². The van der Waals surface area contributed by atoms with Crippen LogP contribution < -0.4 is 5.32 Å². The number of fused-ring (bicyclic) bond motifs is 4. The van der Waals surface area contributed by atoms with E-state index < -0.39 is 0 Å². The second-order valence-corrected chi connectivity index (χ2v) is 8.79. The van der Waals surface area contributed by atoms with E-state index in [9.17, 15) is 14.9 Å². The molecule has 2 N–H and O–H groups in total. The first-order valence-electron chi connectivity index (χ1n) is 11.0. The zero-order valence-electron chi connectivity index (χ0n) is 19.4. The first-order valence-corrected chi connectivity index (χ1v) is 11.0. The van der Waals surface area contributed by atoms with Crippen molar-refractivity contribution in [3.8, 4) is 17.2 Å². The lowest BCUT2D eigenvalue weighted by atomic mass is 9.96. The number of rotatable bonds is 0. The number of benzene rings is 1. The number of nitrogens with one attached hydrogen (secondary N) is 2. The Kier molecular flexibility index (Phi) is 5.10. The molecule has 0 spiro atoms. The molecular weight excluding hydrogens is 432 g/mol. The van der Waals surface area contributed by atoms with Gasteiger partial charge in [-0.3, -0.25) is 14.3 Å². The minimum atomic E-state index is -0.324. The van der Waals surface area contributed by atoms with Crippen molar-refractivity contribution in [3.63, 3.8) is 0 Å². The van der Waals surface area contributed by atoms with E-state index in [2.05, 4.69) is 21.5 Å². The molecule has 3 aromatic rings. The van der Waals surface area contributed by atoms with Crippen LogP contribution in [-0.4, -0.2) is 51.2 Å². The number of aromatic nitrogens is 3. The van der Waals surface area contributed by atoms with Crippen LogP contribution in [-0.2, 0) is 23.2 Å².